The first-order valence-corrected chi connectivity index (χ1v) is 6.64. The number of rotatable bonds is 4. The van der Waals surface area contributed by atoms with Crippen LogP contribution < -0.4 is 0 Å². The van der Waals surface area contributed by atoms with E-state index in [4.69, 9.17) is 0 Å². The molecule has 0 aromatic heterocycles. The largest absolute Gasteiger partial charge is 0.292 e. The number of carbonyl (C=O) groups is 1. The number of hydrogen-bond donors (Lipinski definition) is 0. The fraction of sp³-hybridized carbons (Fsp3) is 0.533. The maximum absolute atomic E-state index is 13.8. The Kier molecular flexibility index (Phi) is 3.81. The second-order valence-corrected chi connectivity index (χ2v) is 5.13. The van der Waals surface area contributed by atoms with Crippen molar-refractivity contribution in [1.29, 1.82) is 0 Å². The molecule has 0 saturated carbocycles. The maximum Gasteiger partial charge on any atom is 0.185 e. The summed E-state index contributed by atoms with van der Waals surface area (Å²) in [4.78, 5) is 14.8. The van der Waals surface area contributed by atoms with E-state index < -0.39 is 11.4 Å². The van der Waals surface area contributed by atoms with Gasteiger partial charge in [0.25, 0.3) is 0 Å². The Morgan fingerprint density at radius 2 is 1.94 bits per heavy atom. The summed E-state index contributed by atoms with van der Waals surface area (Å²) in [5.41, 5.74) is -0.354. The second-order valence-electron chi connectivity index (χ2n) is 5.13. The molecule has 1 fully saturated rings. The number of likely N-dealkylation sites (tertiary alicyclic amines) is 1. The van der Waals surface area contributed by atoms with Gasteiger partial charge in [0.15, 0.2) is 5.78 Å². The quantitative estimate of drug-likeness (QED) is 0.763. The van der Waals surface area contributed by atoms with E-state index >= 15 is 0 Å². The standard InChI is InChI=1S/C15H20FNO/c1-3-15(2,17-10-6-7-11-17)14(18)12-8-4-5-9-13(12)16/h4-5,8-9H,3,6-7,10-11H2,1-2H3. The lowest BCUT2D eigenvalue weighted by Crippen LogP contribution is -2.50. The highest BCUT2D eigenvalue weighted by molar-refractivity contribution is 6.03. The van der Waals surface area contributed by atoms with Crippen LogP contribution in [0.1, 0.15) is 43.5 Å². The van der Waals surface area contributed by atoms with Crippen molar-refractivity contribution in [2.45, 2.75) is 38.6 Å². The number of benzene rings is 1. The molecule has 2 nitrogen and oxygen atoms in total. The Balaban J connectivity index is 2.32. The van der Waals surface area contributed by atoms with Crippen molar-refractivity contribution in [3.63, 3.8) is 0 Å². The molecule has 0 aliphatic carbocycles. The summed E-state index contributed by atoms with van der Waals surface area (Å²) in [7, 11) is 0. The fourth-order valence-electron chi connectivity index (χ4n) is 2.67. The van der Waals surface area contributed by atoms with E-state index in [-0.39, 0.29) is 11.3 Å². The van der Waals surface area contributed by atoms with E-state index in [1.165, 1.54) is 6.07 Å². The smallest absolute Gasteiger partial charge is 0.185 e. The van der Waals surface area contributed by atoms with Crippen LogP contribution in [0, 0.1) is 5.82 Å². The first-order valence-electron chi connectivity index (χ1n) is 6.64. The average molecular weight is 249 g/mol. The van der Waals surface area contributed by atoms with E-state index in [0.717, 1.165) is 25.9 Å². The van der Waals surface area contributed by atoms with Gasteiger partial charge in [0.1, 0.15) is 5.82 Å². The van der Waals surface area contributed by atoms with Crippen LogP contribution >= 0.6 is 0 Å². The first kappa shape index (κ1) is 13.2. The zero-order valence-corrected chi connectivity index (χ0v) is 11.1. The summed E-state index contributed by atoms with van der Waals surface area (Å²) >= 11 is 0. The first-order chi connectivity index (χ1) is 8.59. The number of hydrogen-bond acceptors (Lipinski definition) is 2. The molecule has 1 aliphatic heterocycles. The van der Waals surface area contributed by atoms with Gasteiger partial charge in [-0.05, 0) is 51.4 Å². The fourth-order valence-corrected chi connectivity index (χ4v) is 2.67. The van der Waals surface area contributed by atoms with Crippen molar-refractivity contribution in [2.75, 3.05) is 13.1 Å². The lowest BCUT2D eigenvalue weighted by Gasteiger charge is -2.36. The van der Waals surface area contributed by atoms with Crippen molar-refractivity contribution in [1.82, 2.24) is 4.90 Å². The Morgan fingerprint density at radius 3 is 2.50 bits per heavy atom. The van der Waals surface area contributed by atoms with Crippen LogP contribution in [0.3, 0.4) is 0 Å². The summed E-state index contributed by atoms with van der Waals surface area (Å²) in [6.45, 7) is 5.80. The highest BCUT2D eigenvalue weighted by Gasteiger charge is 2.40. The molecule has 1 aromatic carbocycles. The SMILES string of the molecule is CCC(C)(C(=O)c1ccccc1F)N1CCCC1. The maximum atomic E-state index is 13.8. The average Bonchev–Trinajstić information content (AvgIpc) is 2.92. The van der Waals surface area contributed by atoms with Gasteiger partial charge in [0, 0.05) is 0 Å². The molecular weight excluding hydrogens is 229 g/mol. The molecule has 2 rings (SSSR count). The summed E-state index contributed by atoms with van der Waals surface area (Å²) < 4.78 is 13.8. The minimum atomic E-state index is -0.571. The molecule has 1 unspecified atom stereocenters. The van der Waals surface area contributed by atoms with Crippen LogP contribution in [0.25, 0.3) is 0 Å². The van der Waals surface area contributed by atoms with Crippen LogP contribution in [-0.4, -0.2) is 29.3 Å². The summed E-state index contributed by atoms with van der Waals surface area (Å²) in [6.07, 6.45) is 2.96. The molecule has 0 bridgehead atoms. The van der Waals surface area contributed by atoms with E-state index in [1.54, 1.807) is 18.2 Å². The molecule has 3 heteroatoms. The Labute approximate surface area is 108 Å². The van der Waals surface area contributed by atoms with Gasteiger partial charge < -0.3 is 0 Å². The van der Waals surface area contributed by atoms with Gasteiger partial charge in [-0.1, -0.05) is 19.1 Å². The molecule has 0 N–H and O–H groups in total. The molecule has 1 aromatic rings. The number of nitrogens with zero attached hydrogens (tertiary/aromatic N) is 1. The molecule has 0 amide bonds. The van der Waals surface area contributed by atoms with Gasteiger partial charge in [-0.2, -0.15) is 0 Å². The minimum Gasteiger partial charge on any atom is -0.292 e. The second kappa shape index (κ2) is 5.19. The molecule has 1 saturated heterocycles. The van der Waals surface area contributed by atoms with E-state index in [1.807, 2.05) is 13.8 Å². The van der Waals surface area contributed by atoms with Crippen molar-refractivity contribution < 1.29 is 9.18 Å². The molecule has 18 heavy (non-hydrogen) atoms. The third-order valence-electron chi connectivity index (χ3n) is 4.10. The summed E-state index contributed by atoms with van der Waals surface area (Å²) in [5.74, 6) is -0.508. The predicted octanol–water partition coefficient (Wildman–Crippen LogP) is 3.27. The van der Waals surface area contributed by atoms with E-state index in [0.29, 0.717) is 6.42 Å². The molecule has 0 spiro atoms. The van der Waals surface area contributed by atoms with Crippen molar-refractivity contribution in [3.8, 4) is 0 Å². The normalized spacial score (nSPS) is 19.7. The number of ketones is 1. The highest BCUT2D eigenvalue weighted by atomic mass is 19.1. The van der Waals surface area contributed by atoms with Crippen LogP contribution in [-0.2, 0) is 0 Å². The molecule has 1 aliphatic rings. The monoisotopic (exact) mass is 249 g/mol. The van der Waals surface area contributed by atoms with Crippen molar-refractivity contribution in [2.24, 2.45) is 0 Å². The van der Waals surface area contributed by atoms with Gasteiger partial charge in [0.2, 0.25) is 0 Å². The summed E-state index contributed by atoms with van der Waals surface area (Å²) in [5, 5.41) is 0. The Bertz CT molecular complexity index is 440. The number of carbonyl (C=O) groups excluding carboxylic acids is 1. The third-order valence-corrected chi connectivity index (χ3v) is 4.10. The van der Waals surface area contributed by atoms with Gasteiger partial charge in [-0.15, -0.1) is 0 Å². The Hall–Kier alpha value is -1.22. The predicted molar refractivity (Wildman–Crippen MR) is 70.2 cm³/mol. The lowest BCUT2D eigenvalue weighted by atomic mass is 9.87. The molecular formula is C15H20FNO. The minimum absolute atomic E-state index is 0.0926. The van der Waals surface area contributed by atoms with E-state index in [2.05, 4.69) is 4.90 Å². The molecule has 1 atom stereocenters. The van der Waals surface area contributed by atoms with Crippen LogP contribution in [0.15, 0.2) is 24.3 Å². The molecule has 0 radical (unpaired) electrons. The zero-order chi connectivity index (χ0) is 13.2. The molecule has 1 heterocycles. The van der Waals surface area contributed by atoms with Crippen LogP contribution in [0.5, 0.6) is 0 Å². The zero-order valence-electron chi connectivity index (χ0n) is 11.1. The van der Waals surface area contributed by atoms with Crippen molar-refractivity contribution in [3.05, 3.63) is 35.6 Å². The van der Waals surface area contributed by atoms with Crippen LogP contribution in [0.2, 0.25) is 0 Å². The van der Waals surface area contributed by atoms with Crippen LogP contribution in [0.4, 0.5) is 4.39 Å². The molecule has 98 valence electrons. The van der Waals surface area contributed by atoms with Gasteiger partial charge in [-0.25, -0.2) is 4.39 Å². The number of halogens is 1. The topological polar surface area (TPSA) is 20.3 Å². The van der Waals surface area contributed by atoms with Gasteiger partial charge in [-0.3, -0.25) is 9.69 Å². The number of Topliss-reactive ketones (excluding diaryl/α,β-unsaturated/α-hetero) is 1. The van der Waals surface area contributed by atoms with Crippen molar-refractivity contribution >= 4 is 5.78 Å². The van der Waals surface area contributed by atoms with E-state index in [9.17, 15) is 9.18 Å². The van der Waals surface area contributed by atoms with Gasteiger partial charge in [0.05, 0.1) is 11.1 Å². The highest BCUT2D eigenvalue weighted by Crippen LogP contribution is 2.29. The summed E-state index contributed by atoms with van der Waals surface area (Å²) in [6, 6.07) is 6.27. The van der Waals surface area contributed by atoms with Gasteiger partial charge >= 0.3 is 0 Å². The lowest BCUT2D eigenvalue weighted by molar-refractivity contribution is 0.0643. The Morgan fingerprint density at radius 1 is 1.33 bits per heavy atom. The third kappa shape index (κ3) is 2.19.